The first kappa shape index (κ1) is 22.2. The quantitative estimate of drug-likeness (QED) is 0.672. The fourth-order valence-electron chi connectivity index (χ4n) is 5.56. The van der Waals surface area contributed by atoms with Crippen LogP contribution in [0, 0.1) is 0 Å². The maximum Gasteiger partial charge on any atom is 0.334 e. The Labute approximate surface area is 195 Å². The summed E-state index contributed by atoms with van der Waals surface area (Å²) >= 11 is 0. The number of aryl methyl sites for hydroxylation is 3. The molecule has 178 valence electrons. The largest absolute Gasteiger partial charge is 0.334 e. The van der Waals surface area contributed by atoms with Crippen LogP contribution in [0.3, 0.4) is 0 Å². The van der Waals surface area contributed by atoms with E-state index in [2.05, 4.69) is 26.1 Å². The van der Waals surface area contributed by atoms with Gasteiger partial charge in [0.15, 0.2) is 0 Å². The Morgan fingerprint density at radius 3 is 2.39 bits per heavy atom. The molecule has 1 aliphatic heterocycles. The van der Waals surface area contributed by atoms with Crippen molar-refractivity contribution < 1.29 is 13.2 Å². The molecule has 10 heteroatoms. The van der Waals surface area contributed by atoms with Gasteiger partial charge in [-0.15, -0.1) is 0 Å². The van der Waals surface area contributed by atoms with Gasteiger partial charge in [0.1, 0.15) is 0 Å². The molecule has 2 heterocycles. The van der Waals surface area contributed by atoms with Gasteiger partial charge in [-0.3, -0.25) is 4.68 Å². The van der Waals surface area contributed by atoms with Crippen molar-refractivity contribution in [2.45, 2.75) is 57.4 Å². The average molecular weight is 473 g/mol. The third kappa shape index (κ3) is 4.33. The minimum Gasteiger partial charge on any atom is -0.307 e. The summed E-state index contributed by atoms with van der Waals surface area (Å²) in [6.07, 6.45) is 11.1. The van der Waals surface area contributed by atoms with Gasteiger partial charge < -0.3 is 10.2 Å². The third-order valence-electron chi connectivity index (χ3n) is 7.25. The first-order valence-corrected chi connectivity index (χ1v) is 13.2. The van der Waals surface area contributed by atoms with E-state index in [9.17, 15) is 13.2 Å². The van der Waals surface area contributed by atoms with E-state index in [-0.39, 0.29) is 12.6 Å². The van der Waals surface area contributed by atoms with Crippen molar-refractivity contribution in [3.63, 3.8) is 0 Å². The summed E-state index contributed by atoms with van der Waals surface area (Å²) in [5.41, 5.74) is 6.18. The molecule has 0 saturated carbocycles. The Morgan fingerprint density at radius 2 is 1.82 bits per heavy atom. The number of carbonyl (C=O) groups excluding carboxylic acids is 1. The molecule has 5 rings (SSSR count). The number of fused-ring (bicyclic) bond motifs is 2. The lowest BCUT2D eigenvalue weighted by Gasteiger charge is -2.29. The maximum atomic E-state index is 13.4. The van der Waals surface area contributed by atoms with Gasteiger partial charge in [-0.25, -0.2) is 13.8 Å². The minimum absolute atomic E-state index is 0.0884. The van der Waals surface area contributed by atoms with E-state index in [0.717, 1.165) is 63.6 Å². The van der Waals surface area contributed by atoms with Crippen LogP contribution < -0.4 is 14.3 Å². The van der Waals surface area contributed by atoms with E-state index in [1.54, 1.807) is 17.9 Å². The van der Waals surface area contributed by atoms with Crippen LogP contribution in [0.5, 0.6) is 0 Å². The van der Waals surface area contributed by atoms with Gasteiger partial charge in [0, 0.05) is 25.0 Å². The molecule has 1 aromatic carbocycles. The number of benzene rings is 1. The molecule has 3 aliphatic rings. The number of hydrogen-bond acceptors (Lipinski definition) is 5. The van der Waals surface area contributed by atoms with E-state index in [0.29, 0.717) is 5.69 Å². The summed E-state index contributed by atoms with van der Waals surface area (Å²) in [4.78, 5) is 15.2. The van der Waals surface area contributed by atoms with Gasteiger partial charge in [0.2, 0.25) is 0 Å². The summed E-state index contributed by atoms with van der Waals surface area (Å²) in [5.74, 6) is 0. The topological polar surface area (TPSA) is 99.6 Å². The van der Waals surface area contributed by atoms with Gasteiger partial charge >= 0.3 is 16.2 Å². The molecule has 1 aromatic heterocycles. The standard InChI is InChI=1S/C23H32N6O3S/c1-27-11-5-8-18(27)15-29(19-13-24-28(2)14-19)33(31,32)26-23(30)25-22-20-9-3-6-16(20)12-17-7-4-10-21(17)22/h12-14,18H,3-11,15H2,1-2H3,(H2,25,26,30)/t18-/m1/s1. The predicted octanol–water partition coefficient (Wildman–Crippen LogP) is 2.36. The Morgan fingerprint density at radius 1 is 1.12 bits per heavy atom. The summed E-state index contributed by atoms with van der Waals surface area (Å²) in [7, 11) is -0.384. The Bertz CT molecular complexity index is 1140. The highest BCUT2D eigenvalue weighted by Crippen LogP contribution is 2.38. The molecule has 33 heavy (non-hydrogen) atoms. The van der Waals surface area contributed by atoms with Crippen LogP contribution >= 0.6 is 0 Å². The molecule has 2 N–H and O–H groups in total. The van der Waals surface area contributed by atoms with Crippen molar-refractivity contribution in [2.75, 3.05) is 29.8 Å². The van der Waals surface area contributed by atoms with Crippen molar-refractivity contribution in [3.8, 4) is 0 Å². The number of nitrogens with one attached hydrogen (secondary N) is 2. The van der Waals surface area contributed by atoms with Gasteiger partial charge in [-0.1, -0.05) is 6.07 Å². The minimum atomic E-state index is -4.13. The van der Waals surface area contributed by atoms with Crippen molar-refractivity contribution >= 4 is 27.6 Å². The molecule has 0 spiro atoms. The van der Waals surface area contributed by atoms with Gasteiger partial charge in [-0.2, -0.15) is 13.5 Å². The number of aromatic nitrogens is 2. The summed E-state index contributed by atoms with van der Waals surface area (Å²) < 4.78 is 31.9. The van der Waals surface area contributed by atoms with Crippen LogP contribution in [0.15, 0.2) is 18.5 Å². The van der Waals surface area contributed by atoms with Crippen LogP contribution in [0.4, 0.5) is 16.2 Å². The summed E-state index contributed by atoms with van der Waals surface area (Å²) in [6, 6.07) is 1.66. The van der Waals surface area contributed by atoms with Gasteiger partial charge in [0.25, 0.3) is 0 Å². The molecule has 1 atom stereocenters. The van der Waals surface area contributed by atoms with Crippen molar-refractivity contribution in [1.29, 1.82) is 0 Å². The molecule has 0 bridgehead atoms. The van der Waals surface area contributed by atoms with Crippen LogP contribution in [0.25, 0.3) is 0 Å². The molecule has 1 saturated heterocycles. The van der Waals surface area contributed by atoms with E-state index in [1.165, 1.54) is 32.8 Å². The summed E-state index contributed by atoms with van der Waals surface area (Å²) in [6.45, 7) is 1.20. The molecule has 2 aliphatic carbocycles. The molecular formula is C23H32N6O3S. The normalized spacial score (nSPS) is 20.0. The second-order valence-electron chi connectivity index (χ2n) is 9.48. The lowest BCUT2D eigenvalue weighted by atomic mass is 9.99. The lowest BCUT2D eigenvalue weighted by molar-refractivity contribution is 0.256. The van der Waals surface area contributed by atoms with E-state index >= 15 is 0 Å². The van der Waals surface area contributed by atoms with Crippen molar-refractivity contribution in [2.24, 2.45) is 7.05 Å². The Hall–Kier alpha value is -2.59. The number of likely N-dealkylation sites (tertiary alicyclic amines) is 1. The Balaban J connectivity index is 1.39. The second-order valence-corrected chi connectivity index (χ2v) is 11.1. The number of urea groups is 1. The number of likely N-dealkylation sites (N-methyl/N-ethyl adjacent to an activating group) is 1. The first-order chi connectivity index (χ1) is 15.8. The number of anilines is 2. The number of nitrogens with zero attached hydrogens (tertiary/aromatic N) is 4. The van der Waals surface area contributed by atoms with Gasteiger partial charge in [0.05, 0.1) is 18.4 Å². The van der Waals surface area contributed by atoms with Gasteiger partial charge in [-0.05, 0) is 87.2 Å². The molecule has 0 radical (unpaired) electrons. The smallest absolute Gasteiger partial charge is 0.307 e. The first-order valence-electron chi connectivity index (χ1n) is 11.8. The fraction of sp³-hybridized carbons (Fsp3) is 0.565. The molecule has 0 unspecified atom stereocenters. The Kier molecular flexibility index (Phi) is 5.82. The molecule has 1 fully saturated rings. The summed E-state index contributed by atoms with van der Waals surface area (Å²) in [5, 5.41) is 7.06. The lowest BCUT2D eigenvalue weighted by Crippen LogP contribution is -2.49. The fourth-order valence-corrected chi connectivity index (χ4v) is 6.69. The van der Waals surface area contributed by atoms with E-state index < -0.39 is 16.2 Å². The SMILES string of the molecule is CN1CCC[C@@H]1CN(c1cnn(C)c1)S(=O)(=O)NC(=O)Nc1c2c(cc3c1CCC3)CCC2. The highest BCUT2D eigenvalue weighted by Gasteiger charge is 2.32. The number of amides is 2. The van der Waals surface area contributed by atoms with Crippen LogP contribution in [0.2, 0.25) is 0 Å². The maximum absolute atomic E-state index is 13.4. The predicted molar refractivity (Wildman–Crippen MR) is 128 cm³/mol. The van der Waals surface area contributed by atoms with Crippen LogP contribution in [-0.4, -0.2) is 55.3 Å². The highest BCUT2D eigenvalue weighted by atomic mass is 32.2. The molecule has 2 amide bonds. The zero-order valence-electron chi connectivity index (χ0n) is 19.3. The number of rotatable bonds is 6. The van der Waals surface area contributed by atoms with E-state index in [4.69, 9.17) is 0 Å². The number of hydrogen-bond donors (Lipinski definition) is 2. The number of carbonyl (C=O) groups is 1. The monoisotopic (exact) mass is 472 g/mol. The zero-order chi connectivity index (χ0) is 23.2. The second kappa shape index (κ2) is 8.64. The molecular weight excluding hydrogens is 440 g/mol. The van der Waals surface area contributed by atoms with Crippen LogP contribution in [-0.2, 0) is 42.9 Å². The molecule has 2 aromatic rings. The zero-order valence-corrected chi connectivity index (χ0v) is 20.1. The van der Waals surface area contributed by atoms with Crippen LogP contribution in [0.1, 0.15) is 47.9 Å². The average Bonchev–Trinajstić information content (AvgIpc) is 3.53. The molecule has 9 nitrogen and oxygen atoms in total. The van der Waals surface area contributed by atoms with E-state index in [1.807, 2.05) is 7.05 Å². The van der Waals surface area contributed by atoms with Crippen molar-refractivity contribution in [1.82, 2.24) is 19.4 Å². The van der Waals surface area contributed by atoms with Crippen molar-refractivity contribution in [3.05, 3.63) is 40.7 Å². The highest BCUT2D eigenvalue weighted by molar-refractivity contribution is 7.91. The third-order valence-corrected chi connectivity index (χ3v) is 8.63.